The highest BCUT2D eigenvalue weighted by Crippen LogP contribution is 2.17. The van der Waals surface area contributed by atoms with Crippen LogP contribution in [0.1, 0.15) is 19.7 Å². The summed E-state index contributed by atoms with van der Waals surface area (Å²) in [5, 5.41) is 19.1. The summed E-state index contributed by atoms with van der Waals surface area (Å²) in [7, 11) is 0. The van der Waals surface area contributed by atoms with E-state index >= 15 is 0 Å². The van der Waals surface area contributed by atoms with Crippen LogP contribution in [-0.2, 0) is 13.0 Å². The lowest BCUT2D eigenvalue weighted by Crippen LogP contribution is -2.26. The predicted molar refractivity (Wildman–Crippen MR) is 66.8 cm³/mol. The van der Waals surface area contributed by atoms with Crippen molar-refractivity contribution in [1.29, 1.82) is 0 Å². The van der Waals surface area contributed by atoms with E-state index < -0.39 is 12.2 Å². The Hall–Kier alpha value is -1.39. The van der Waals surface area contributed by atoms with Gasteiger partial charge in [0.1, 0.15) is 5.82 Å². The van der Waals surface area contributed by atoms with Gasteiger partial charge in [0.05, 0.1) is 23.2 Å². The van der Waals surface area contributed by atoms with Crippen LogP contribution in [0.25, 0.3) is 11.0 Å². The molecule has 1 aromatic carbocycles. The van der Waals surface area contributed by atoms with Gasteiger partial charge in [-0.2, -0.15) is 0 Å². The average Bonchev–Trinajstić information content (AvgIpc) is 2.65. The quantitative estimate of drug-likeness (QED) is 0.839. The number of aliphatic hydroxyl groups excluding tert-OH is 2. The number of benzene rings is 1. The summed E-state index contributed by atoms with van der Waals surface area (Å²) in [6.07, 6.45) is -1.13. The third kappa shape index (κ3) is 2.33. The molecule has 0 saturated heterocycles. The summed E-state index contributed by atoms with van der Waals surface area (Å²) in [5.41, 5.74) is 2.00. The van der Waals surface area contributed by atoms with Crippen molar-refractivity contribution in [3.05, 3.63) is 30.1 Å². The Labute approximate surface area is 101 Å². The van der Waals surface area contributed by atoms with Gasteiger partial charge < -0.3 is 14.8 Å². The van der Waals surface area contributed by atoms with Crippen molar-refractivity contribution >= 4 is 11.0 Å². The lowest BCUT2D eigenvalue weighted by Gasteiger charge is -2.13. The molecule has 1 heterocycles. The molecule has 17 heavy (non-hydrogen) atoms. The van der Waals surface area contributed by atoms with Gasteiger partial charge >= 0.3 is 0 Å². The third-order valence-corrected chi connectivity index (χ3v) is 3.00. The van der Waals surface area contributed by atoms with Gasteiger partial charge in [0, 0.05) is 13.0 Å². The Kier molecular flexibility index (Phi) is 3.45. The first-order valence-corrected chi connectivity index (χ1v) is 5.93. The molecule has 2 aromatic rings. The van der Waals surface area contributed by atoms with Crippen LogP contribution in [0.3, 0.4) is 0 Å². The van der Waals surface area contributed by atoms with Crippen LogP contribution in [-0.4, -0.2) is 32.0 Å². The standard InChI is InChI=1S/C13H18N2O2/c1-3-15-11-7-5-4-6-10(11)14-13(15)8-12(17)9(2)16/h4-7,9,12,16-17H,3,8H2,1-2H3. The number of aromatic nitrogens is 2. The largest absolute Gasteiger partial charge is 0.391 e. The maximum absolute atomic E-state index is 9.72. The molecule has 2 unspecified atom stereocenters. The molecule has 0 aliphatic carbocycles. The van der Waals surface area contributed by atoms with Crippen LogP contribution in [0.15, 0.2) is 24.3 Å². The maximum Gasteiger partial charge on any atom is 0.112 e. The highest BCUT2D eigenvalue weighted by Gasteiger charge is 2.16. The van der Waals surface area contributed by atoms with E-state index in [0.717, 1.165) is 23.4 Å². The Morgan fingerprint density at radius 2 is 2.00 bits per heavy atom. The van der Waals surface area contributed by atoms with Crippen LogP contribution in [0, 0.1) is 0 Å². The topological polar surface area (TPSA) is 58.3 Å². The molecule has 0 aliphatic heterocycles. The minimum absolute atomic E-state index is 0.375. The van der Waals surface area contributed by atoms with Crippen LogP contribution in [0.5, 0.6) is 0 Å². The zero-order valence-corrected chi connectivity index (χ0v) is 10.2. The van der Waals surface area contributed by atoms with Gasteiger partial charge in [-0.15, -0.1) is 0 Å². The van der Waals surface area contributed by atoms with Crippen molar-refractivity contribution < 1.29 is 10.2 Å². The number of aryl methyl sites for hydroxylation is 1. The number of imidazole rings is 1. The summed E-state index contributed by atoms with van der Waals surface area (Å²) in [4.78, 5) is 4.50. The molecular weight excluding hydrogens is 216 g/mol. The minimum Gasteiger partial charge on any atom is -0.391 e. The lowest BCUT2D eigenvalue weighted by molar-refractivity contribution is 0.0303. The number of hydrogen-bond acceptors (Lipinski definition) is 3. The minimum atomic E-state index is -0.767. The monoisotopic (exact) mass is 234 g/mol. The maximum atomic E-state index is 9.72. The first-order valence-electron chi connectivity index (χ1n) is 5.93. The molecule has 4 nitrogen and oxygen atoms in total. The molecule has 92 valence electrons. The zero-order chi connectivity index (χ0) is 12.4. The molecule has 0 radical (unpaired) electrons. The lowest BCUT2D eigenvalue weighted by atomic mass is 10.1. The molecule has 2 rings (SSSR count). The SMILES string of the molecule is CCn1c(CC(O)C(C)O)nc2ccccc21. The van der Waals surface area contributed by atoms with Crippen molar-refractivity contribution in [2.75, 3.05) is 0 Å². The molecule has 0 fully saturated rings. The van der Waals surface area contributed by atoms with Gasteiger partial charge in [-0.3, -0.25) is 0 Å². The number of fused-ring (bicyclic) bond motifs is 1. The van der Waals surface area contributed by atoms with E-state index in [4.69, 9.17) is 0 Å². The predicted octanol–water partition coefficient (Wildman–Crippen LogP) is 1.34. The highest BCUT2D eigenvalue weighted by atomic mass is 16.3. The summed E-state index contributed by atoms with van der Waals surface area (Å²) >= 11 is 0. The van der Waals surface area contributed by atoms with Crippen molar-refractivity contribution in [1.82, 2.24) is 9.55 Å². The van der Waals surface area contributed by atoms with E-state index in [-0.39, 0.29) is 0 Å². The summed E-state index contributed by atoms with van der Waals surface area (Å²) in [6, 6.07) is 7.90. The van der Waals surface area contributed by atoms with Crippen molar-refractivity contribution in [3.8, 4) is 0 Å². The molecule has 0 spiro atoms. The van der Waals surface area contributed by atoms with Gasteiger partial charge in [0.25, 0.3) is 0 Å². The first-order chi connectivity index (χ1) is 8.13. The summed E-state index contributed by atoms with van der Waals surface area (Å²) in [5.74, 6) is 0.821. The Balaban J connectivity index is 2.39. The van der Waals surface area contributed by atoms with Gasteiger partial charge in [-0.1, -0.05) is 12.1 Å². The second kappa shape index (κ2) is 4.85. The average molecular weight is 234 g/mol. The van der Waals surface area contributed by atoms with Gasteiger partial charge in [-0.25, -0.2) is 4.98 Å². The summed E-state index contributed by atoms with van der Waals surface area (Å²) < 4.78 is 2.07. The van der Waals surface area contributed by atoms with E-state index in [1.165, 1.54) is 0 Å². The summed E-state index contributed by atoms with van der Waals surface area (Å²) in [6.45, 7) is 4.44. The molecule has 0 saturated carbocycles. The van der Waals surface area contributed by atoms with Crippen LogP contribution in [0.2, 0.25) is 0 Å². The second-order valence-electron chi connectivity index (χ2n) is 4.27. The normalized spacial score (nSPS) is 15.1. The number of aliphatic hydroxyl groups is 2. The Bertz CT molecular complexity index is 505. The zero-order valence-electron chi connectivity index (χ0n) is 10.2. The highest BCUT2D eigenvalue weighted by molar-refractivity contribution is 5.75. The molecule has 0 bridgehead atoms. The second-order valence-corrected chi connectivity index (χ2v) is 4.27. The molecular formula is C13H18N2O2. The van der Waals surface area contributed by atoms with Crippen molar-refractivity contribution in [3.63, 3.8) is 0 Å². The van der Waals surface area contributed by atoms with Crippen LogP contribution in [0.4, 0.5) is 0 Å². The Morgan fingerprint density at radius 1 is 1.29 bits per heavy atom. The van der Waals surface area contributed by atoms with E-state index in [1.807, 2.05) is 31.2 Å². The van der Waals surface area contributed by atoms with Crippen molar-refractivity contribution in [2.24, 2.45) is 0 Å². The Morgan fingerprint density at radius 3 is 2.65 bits per heavy atom. The molecule has 2 N–H and O–H groups in total. The fraction of sp³-hybridized carbons (Fsp3) is 0.462. The van der Waals surface area contributed by atoms with E-state index in [2.05, 4.69) is 9.55 Å². The number of rotatable bonds is 4. The van der Waals surface area contributed by atoms with Crippen molar-refractivity contribution in [2.45, 2.75) is 39.0 Å². The number of hydrogen-bond donors (Lipinski definition) is 2. The number of para-hydroxylation sites is 2. The third-order valence-electron chi connectivity index (χ3n) is 3.00. The van der Waals surface area contributed by atoms with Gasteiger partial charge in [-0.05, 0) is 26.0 Å². The molecule has 0 amide bonds. The van der Waals surface area contributed by atoms with Crippen LogP contribution < -0.4 is 0 Å². The fourth-order valence-corrected chi connectivity index (χ4v) is 1.99. The smallest absolute Gasteiger partial charge is 0.112 e. The molecule has 0 aliphatic rings. The van der Waals surface area contributed by atoms with Gasteiger partial charge in [0.15, 0.2) is 0 Å². The molecule has 1 aromatic heterocycles. The van der Waals surface area contributed by atoms with E-state index in [9.17, 15) is 10.2 Å². The van der Waals surface area contributed by atoms with E-state index in [1.54, 1.807) is 6.92 Å². The first kappa shape index (κ1) is 12.1. The van der Waals surface area contributed by atoms with Gasteiger partial charge in [0.2, 0.25) is 0 Å². The van der Waals surface area contributed by atoms with Crippen LogP contribution >= 0.6 is 0 Å². The fourth-order valence-electron chi connectivity index (χ4n) is 1.99. The van der Waals surface area contributed by atoms with E-state index in [0.29, 0.717) is 6.42 Å². The number of nitrogens with zero attached hydrogens (tertiary/aromatic N) is 2. The molecule has 4 heteroatoms. The molecule has 2 atom stereocenters.